The monoisotopic (exact) mass is 352 g/mol. The highest BCUT2D eigenvalue weighted by atomic mass is 19.4. The van der Waals surface area contributed by atoms with Gasteiger partial charge in [0.05, 0.1) is 6.54 Å². The Balaban J connectivity index is 1.90. The van der Waals surface area contributed by atoms with Crippen LogP contribution in [0.3, 0.4) is 0 Å². The summed E-state index contributed by atoms with van der Waals surface area (Å²) in [6.07, 6.45) is -2.99. The van der Waals surface area contributed by atoms with Crippen LogP contribution in [-0.4, -0.2) is 23.7 Å². The van der Waals surface area contributed by atoms with E-state index in [1.165, 1.54) is 17.8 Å². The Hall–Kier alpha value is -2.77. The molecule has 2 rings (SSSR count). The molecule has 1 aromatic heterocycles. The predicted molar refractivity (Wildman–Crippen MR) is 90.7 cm³/mol. The number of alkyl halides is 3. The minimum atomic E-state index is -4.39. The first-order valence-corrected chi connectivity index (χ1v) is 7.51. The van der Waals surface area contributed by atoms with Gasteiger partial charge in [-0.15, -0.1) is 0 Å². The number of nitrogens with two attached hydrogens (primary N) is 1. The van der Waals surface area contributed by atoms with Gasteiger partial charge in [-0.3, -0.25) is 0 Å². The number of nitrogens with zero attached hydrogens (tertiary/aromatic N) is 2. The van der Waals surface area contributed by atoms with Gasteiger partial charge >= 0.3 is 6.18 Å². The number of guanidine groups is 1. The fourth-order valence-corrected chi connectivity index (χ4v) is 1.93. The van der Waals surface area contributed by atoms with Gasteiger partial charge in [0.1, 0.15) is 0 Å². The number of anilines is 1. The van der Waals surface area contributed by atoms with Crippen molar-refractivity contribution in [1.29, 1.82) is 0 Å². The first kappa shape index (κ1) is 18.6. The second kappa shape index (κ2) is 7.87. The van der Waals surface area contributed by atoms with Crippen LogP contribution in [0.1, 0.15) is 16.7 Å². The summed E-state index contributed by atoms with van der Waals surface area (Å²) < 4.78 is 40.7. The zero-order valence-corrected chi connectivity index (χ0v) is 13.9. The highest BCUT2D eigenvalue weighted by Gasteiger charge is 2.28. The number of hydrogen-bond acceptors (Lipinski definition) is 3. The van der Waals surface area contributed by atoms with Crippen LogP contribution in [0, 0.1) is 13.8 Å². The van der Waals surface area contributed by atoms with E-state index in [-0.39, 0.29) is 18.4 Å². The van der Waals surface area contributed by atoms with Crippen LogP contribution in [0.2, 0.25) is 0 Å². The molecule has 0 saturated carbocycles. The number of nitrogens with one attached hydrogen (secondary N) is 1. The van der Waals surface area contributed by atoms with Crippen molar-refractivity contribution in [3.05, 3.63) is 53.2 Å². The standard InChI is InChI=1S/C17H19F3N4O/c1-11-3-5-14(7-12(11)2)24-16(21)23-9-13-4-6-15(22-8-13)25-10-17(18,19)20/h3-8H,9-10H2,1-2H3,(H3,21,23,24). The molecule has 0 atom stereocenters. The summed E-state index contributed by atoms with van der Waals surface area (Å²) in [5.41, 5.74) is 9.68. The maximum Gasteiger partial charge on any atom is 0.422 e. The Morgan fingerprint density at radius 1 is 1.20 bits per heavy atom. The molecular weight excluding hydrogens is 333 g/mol. The number of ether oxygens (including phenoxy) is 1. The third-order valence-corrected chi connectivity index (χ3v) is 3.39. The molecule has 134 valence electrons. The molecule has 0 fully saturated rings. The zero-order valence-electron chi connectivity index (χ0n) is 13.9. The predicted octanol–water partition coefficient (Wildman–Crippen LogP) is 3.57. The SMILES string of the molecule is Cc1ccc(NC(N)=NCc2ccc(OCC(F)(F)F)nc2)cc1C. The molecule has 0 unspecified atom stereocenters. The van der Waals surface area contributed by atoms with Crippen LogP contribution in [-0.2, 0) is 6.54 Å². The molecule has 8 heteroatoms. The fourth-order valence-electron chi connectivity index (χ4n) is 1.93. The molecule has 3 N–H and O–H groups in total. The summed E-state index contributed by atoms with van der Waals surface area (Å²) in [5.74, 6) is 0.145. The first-order chi connectivity index (χ1) is 11.7. The molecule has 2 aromatic rings. The Morgan fingerprint density at radius 3 is 2.56 bits per heavy atom. The van der Waals surface area contributed by atoms with Gasteiger partial charge < -0.3 is 15.8 Å². The summed E-state index contributed by atoms with van der Waals surface area (Å²) in [6.45, 7) is 2.90. The maximum absolute atomic E-state index is 12.1. The van der Waals surface area contributed by atoms with Gasteiger partial charge in [-0.2, -0.15) is 13.2 Å². The third-order valence-electron chi connectivity index (χ3n) is 3.39. The second-order valence-corrected chi connectivity index (χ2v) is 5.53. The van der Waals surface area contributed by atoms with Gasteiger partial charge in [0.25, 0.3) is 0 Å². The van der Waals surface area contributed by atoms with E-state index in [4.69, 9.17) is 5.73 Å². The van der Waals surface area contributed by atoms with Crippen LogP contribution < -0.4 is 15.8 Å². The van der Waals surface area contributed by atoms with E-state index in [0.717, 1.165) is 11.3 Å². The normalized spacial score (nSPS) is 12.1. The Morgan fingerprint density at radius 2 is 1.96 bits per heavy atom. The number of hydrogen-bond donors (Lipinski definition) is 2. The Labute approximate surface area is 143 Å². The van der Waals surface area contributed by atoms with E-state index in [0.29, 0.717) is 5.56 Å². The molecule has 0 aliphatic rings. The minimum Gasteiger partial charge on any atom is -0.468 e. The number of aliphatic imine (C=N–C) groups is 1. The molecule has 0 saturated heterocycles. The van der Waals surface area contributed by atoms with E-state index in [2.05, 4.69) is 20.0 Å². The van der Waals surface area contributed by atoms with Crippen LogP contribution in [0.4, 0.5) is 18.9 Å². The molecule has 1 heterocycles. The maximum atomic E-state index is 12.1. The lowest BCUT2D eigenvalue weighted by molar-refractivity contribution is -0.154. The fraction of sp³-hybridized carbons (Fsp3) is 0.294. The van der Waals surface area contributed by atoms with Crippen molar-refractivity contribution in [2.45, 2.75) is 26.6 Å². The quantitative estimate of drug-likeness (QED) is 0.637. The van der Waals surface area contributed by atoms with Crippen molar-refractivity contribution in [2.75, 3.05) is 11.9 Å². The highest BCUT2D eigenvalue weighted by Crippen LogP contribution is 2.17. The molecule has 0 amide bonds. The van der Waals surface area contributed by atoms with Gasteiger partial charge in [0, 0.05) is 18.0 Å². The Kier molecular flexibility index (Phi) is 5.84. The van der Waals surface area contributed by atoms with E-state index in [1.807, 2.05) is 32.0 Å². The summed E-state index contributed by atoms with van der Waals surface area (Å²) >= 11 is 0. The van der Waals surface area contributed by atoms with Crippen LogP contribution in [0.25, 0.3) is 0 Å². The highest BCUT2D eigenvalue weighted by molar-refractivity contribution is 5.92. The van der Waals surface area contributed by atoms with Crippen molar-refractivity contribution < 1.29 is 17.9 Å². The molecule has 0 spiro atoms. The summed E-state index contributed by atoms with van der Waals surface area (Å²) in [6, 6.07) is 8.80. The Bertz CT molecular complexity index is 743. The summed E-state index contributed by atoms with van der Waals surface area (Å²) in [4.78, 5) is 7.99. The molecule has 25 heavy (non-hydrogen) atoms. The lowest BCUT2D eigenvalue weighted by atomic mass is 10.1. The van der Waals surface area contributed by atoms with Crippen molar-refractivity contribution in [3.8, 4) is 5.88 Å². The lowest BCUT2D eigenvalue weighted by Gasteiger charge is -2.09. The molecule has 5 nitrogen and oxygen atoms in total. The van der Waals surface area contributed by atoms with Crippen LogP contribution in [0.15, 0.2) is 41.5 Å². The van der Waals surface area contributed by atoms with Gasteiger partial charge in [0.2, 0.25) is 5.88 Å². The summed E-state index contributed by atoms with van der Waals surface area (Å²) in [7, 11) is 0. The van der Waals surface area contributed by atoms with Gasteiger partial charge in [-0.1, -0.05) is 12.1 Å². The minimum absolute atomic E-state index is 0.0914. The van der Waals surface area contributed by atoms with Crippen molar-refractivity contribution in [3.63, 3.8) is 0 Å². The zero-order chi connectivity index (χ0) is 18.4. The van der Waals surface area contributed by atoms with Gasteiger partial charge in [-0.05, 0) is 42.7 Å². The lowest BCUT2D eigenvalue weighted by Crippen LogP contribution is -2.22. The van der Waals surface area contributed by atoms with Crippen molar-refractivity contribution >= 4 is 11.6 Å². The largest absolute Gasteiger partial charge is 0.468 e. The average Bonchev–Trinajstić information content (AvgIpc) is 2.55. The van der Waals surface area contributed by atoms with Gasteiger partial charge in [0.15, 0.2) is 12.6 Å². The molecule has 0 aliphatic carbocycles. The van der Waals surface area contributed by atoms with Crippen LogP contribution >= 0.6 is 0 Å². The molecule has 0 aliphatic heterocycles. The number of aromatic nitrogens is 1. The first-order valence-electron chi connectivity index (χ1n) is 7.51. The number of pyridine rings is 1. The van der Waals surface area contributed by atoms with E-state index < -0.39 is 12.8 Å². The van der Waals surface area contributed by atoms with E-state index >= 15 is 0 Å². The molecule has 0 radical (unpaired) electrons. The number of aryl methyl sites for hydroxylation is 2. The van der Waals surface area contributed by atoms with Crippen molar-refractivity contribution in [1.82, 2.24) is 4.98 Å². The number of halogens is 3. The molecular formula is C17H19F3N4O. The van der Waals surface area contributed by atoms with Crippen molar-refractivity contribution in [2.24, 2.45) is 10.7 Å². The third kappa shape index (κ3) is 6.33. The molecule has 0 bridgehead atoms. The van der Waals surface area contributed by atoms with Crippen LogP contribution in [0.5, 0.6) is 5.88 Å². The average molecular weight is 352 g/mol. The van der Waals surface area contributed by atoms with E-state index in [1.54, 1.807) is 6.07 Å². The molecule has 1 aromatic carbocycles. The van der Waals surface area contributed by atoms with E-state index in [9.17, 15) is 13.2 Å². The number of rotatable bonds is 5. The smallest absolute Gasteiger partial charge is 0.422 e. The van der Waals surface area contributed by atoms with Gasteiger partial charge in [-0.25, -0.2) is 9.98 Å². The topological polar surface area (TPSA) is 72.5 Å². The number of benzene rings is 1. The second-order valence-electron chi connectivity index (χ2n) is 5.53. The summed E-state index contributed by atoms with van der Waals surface area (Å²) in [5, 5.41) is 2.99.